The van der Waals surface area contributed by atoms with E-state index in [1.54, 1.807) is 6.92 Å². The summed E-state index contributed by atoms with van der Waals surface area (Å²) in [6.45, 7) is 5.82. The standard InChI is InChI=1S/C15H27N3O5/c1-9(2)12(22-4)13(19)16-10(3)14(20)18-8-6-7-11(17-18)15(21)23-5/h9-12,17H,6-8H2,1-5H3,(H,16,19). The van der Waals surface area contributed by atoms with E-state index in [1.807, 2.05) is 13.8 Å². The minimum absolute atomic E-state index is 0.000816. The predicted molar refractivity (Wildman–Crippen MR) is 83.1 cm³/mol. The zero-order valence-electron chi connectivity index (χ0n) is 14.4. The van der Waals surface area contributed by atoms with E-state index in [-0.39, 0.29) is 17.7 Å². The average molecular weight is 329 g/mol. The van der Waals surface area contributed by atoms with Crippen molar-refractivity contribution in [1.29, 1.82) is 0 Å². The van der Waals surface area contributed by atoms with Crippen LogP contribution < -0.4 is 10.7 Å². The van der Waals surface area contributed by atoms with Crippen LogP contribution in [0.5, 0.6) is 0 Å². The van der Waals surface area contributed by atoms with Crippen molar-refractivity contribution in [3.05, 3.63) is 0 Å². The summed E-state index contributed by atoms with van der Waals surface area (Å²) in [5, 5.41) is 4.02. The molecule has 23 heavy (non-hydrogen) atoms. The van der Waals surface area contributed by atoms with Crippen molar-refractivity contribution in [3.63, 3.8) is 0 Å². The number of carbonyl (C=O) groups excluding carboxylic acids is 3. The molecule has 1 aliphatic rings. The largest absolute Gasteiger partial charge is 0.468 e. The van der Waals surface area contributed by atoms with E-state index >= 15 is 0 Å². The maximum atomic E-state index is 12.4. The van der Waals surface area contributed by atoms with Crippen LogP contribution in [0.15, 0.2) is 0 Å². The number of hydrazine groups is 1. The minimum Gasteiger partial charge on any atom is -0.468 e. The summed E-state index contributed by atoms with van der Waals surface area (Å²) in [4.78, 5) is 36.1. The highest BCUT2D eigenvalue weighted by Crippen LogP contribution is 2.11. The molecule has 0 radical (unpaired) electrons. The zero-order valence-corrected chi connectivity index (χ0v) is 14.4. The molecule has 3 unspecified atom stereocenters. The van der Waals surface area contributed by atoms with E-state index in [9.17, 15) is 14.4 Å². The maximum Gasteiger partial charge on any atom is 0.324 e. The molecule has 1 heterocycles. The van der Waals surface area contributed by atoms with Crippen molar-refractivity contribution >= 4 is 17.8 Å². The van der Waals surface area contributed by atoms with Crippen LogP contribution in [0, 0.1) is 5.92 Å². The van der Waals surface area contributed by atoms with Gasteiger partial charge < -0.3 is 14.8 Å². The van der Waals surface area contributed by atoms with Gasteiger partial charge in [-0.25, -0.2) is 5.43 Å². The summed E-state index contributed by atoms with van der Waals surface area (Å²) in [5.74, 6) is -1.03. The minimum atomic E-state index is -0.720. The number of carbonyl (C=O) groups is 3. The quantitative estimate of drug-likeness (QED) is 0.657. The van der Waals surface area contributed by atoms with Crippen molar-refractivity contribution in [2.24, 2.45) is 5.92 Å². The third-order valence-electron chi connectivity index (χ3n) is 3.78. The number of methoxy groups -OCH3 is 2. The van der Waals surface area contributed by atoms with Gasteiger partial charge in [0.1, 0.15) is 18.2 Å². The molecule has 3 atom stereocenters. The van der Waals surface area contributed by atoms with Crippen LogP contribution >= 0.6 is 0 Å². The molecule has 8 nitrogen and oxygen atoms in total. The summed E-state index contributed by atoms with van der Waals surface area (Å²) in [7, 11) is 2.77. The summed E-state index contributed by atoms with van der Waals surface area (Å²) < 4.78 is 9.84. The second-order valence-electron chi connectivity index (χ2n) is 5.97. The van der Waals surface area contributed by atoms with Gasteiger partial charge >= 0.3 is 5.97 Å². The zero-order chi connectivity index (χ0) is 17.6. The molecule has 8 heteroatoms. The van der Waals surface area contributed by atoms with Gasteiger partial charge in [-0.3, -0.25) is 19.4 Å². The first-order valence-corrected chi connectivity index (χ1v) is 7.80. The Balaban J connectivity index is 2.62. The molecule has 132 valence electrons. The normalized spacial score (nSPS) is 20.8. The number of ether oxygens (including phenoxy) is 2. The fraction of sp³-hybridized carbons (Fsp3) is 0.800. The summed E-state index contributed by atoms with van der Waals surface area (Å²) in [6, 6.07) is -1.26. The molecule has 0 aliphatic carbocycles. The maximum absolute atomic E-state index is 12.4. The van der Waals surface area contributed by atoms with Crippen LogP contribution in [0.3, 0.4) is 0 Å². The lowest BCUT2D eigenvalue weighted by Gasteiger charge is -2.34. The Kier molecular flexibility index (Phi) is 7.44. The SMILES string of the molecule is COC(=O)C1CCCN(C(=O)C(C)NC(=O)C(OC)C(C)C)N1. The molecule has 0 bridgehead atoms. The number of hydrogen-bond acceptors (Lipinski definition) is 6. The van der Waals surface area contributed by atoms with Crippen molar-refractivity contribution in [2.75, 3.05) is 20.8 Å². The van der Waals surface area contributed by atoms with E-state index in [2.05, 4.69) is 15.5 Å². The first-order valence-electron chi connectivity index (χ1n) is 7.80. The number of amides is 2. The van der Waals surface area contributed by atoms with Crippen molar-refractivity contribution in [2.45, 2.75) is 51.8 Å². The van der Waals surface area contributed by atoms with Gasteiger partial charge in [-0.15, -0.1) is 0 Å². The Morgan fingerprint density at radius 2 is 1.87 bits per heavy atom. The Labute approximate surface area is 136 Å². The Morgan fingerprint density at radius 3 is 2.39 bits per heavy atom. The van der Waals surface area contributed by atoms with E-state index < -0.39 is 24.2 Å². The lowest BCUT2D eigenvalue weighted by Crippen LogP contribution is -2.60. The van der Waals surface area contributed by atoms with Gasteiger partial charge in [0.2, 0.25) is 5.91 Å². The first kappa shape index (κ1) is 19.4. The third-order valence-corrected chi connectivity index (χ3v) is 3.78. The fourth-order valence-electron chi connectivity index (χ4n) is 2.53. The first-order chi connectivity index (χ1) is 10.8. The second kappa shape index (κ2) is 8.83. The molecular weight excluding hydrogens is 302 g/mol. The molecule has 1 fully saturated rings. The second-order valence-corrected chi connectivity index (χ2v) is 5.97. The molecule has 1 aliphatic heterocycles. The summed E-state index contributed by atoms with van der Waals surface area (Å²) in [5.41, 5.74) is 2.85. The molecule has 0 aromatic heterocycles. The van der Waals surface area contributed by atoms with Gasteiger partial charge in [0, 0.05) is 13.7 Å². The van der Waals surface area contributed by atoms with Crippen LogP contribution in [-0.4, -0.2) is 61.7 Å². The highest BCUT2D eigenvalue weighted by atomic mass is 16.5. The van der Waals surface area contributed by atoms with Gasteiger partial charge in [0.05, 0.1) is 7.11 Å². The van der Waals surface area contributed by atoms with E-state index in [0.29, 0.717) is 19.4 Å². The predicted octanol–water partition coefficient (Wildman–Crippen LogP) is -0.169. The molecule has 2 amide bonds. The van der Waals surface area contributed by atoms with E-state index in [0.717, 1.165) is 0 Å². The number of esters is 1. The molecule has 0 spiro atoms. The average Bonchev–Trinajstić information content (AvgIpc) is 2.53. The van der Waals surface area contributed by atoms with Gasteiger partial charge in [0.25, 0.3) is 5.91 Å². The topological polar surface area (TPSA) is 97.0 Å². The Bertz CT molecular complexity index is 441. The highest BCUT2D eigenvalue weighted by molar-refractivity contribution is 5.89. The highest BCUT2D eigenvalue weighted by Gasteiger charge is 2.32. The van der Waals surface area contributed by atoms with Crippen molar-refractivity contribution in [3.8, 4) is 0 Å². The van der Waals surface area contributed by atoms with E-state index in [4.69, 9.17) is 4.74 Å². The molecule has 1 saturated heterocycles. The molecular formula is C15H27N3O5. The lowest BCUT2D eigenvalue weighted by atomic mass is 10.1. The molecule has 0 aromatic rings. The monoisotopic (exact) mass is 329 g/mol. The molecule has 0 aromatic carbocycles. The van der Waals surface area contributed by atoms with Crippen LogP contribution in [0.25, 0.3) is 0 Å². The number of hydrogen-bond donors (Lipinski definition) is 2. The molecule has 1 rings (SSSR count). The van der Waals surface area contributed by atoms with Gasteiger partial charge in [0.15, 0.2) is 0 Å². The van der Waals surface area contributed by atoms with Gasteiger partial charge in [-0.05, 0) is 25.7 Å². The summed E-state index contributed by atoms with van der Waals surface area (Å²) in [6.07, 6.45) is 0.685. The van der Waals surface area contributed by atoms with Crippen LogP contribution in [0.4, 0.5) is 0 Å². The third kappa shape index (κ3) is 5.18. The molecule has 0 saturated carbocycles. The van der Waals surface area contributed by atoms with Gasteiger partial charge in [-0.2, -0.15) is 0 Å². The van der Waals surface area contributed by atoms with Crippen molar-refractivity contribution in [1.82, 2.24) is 15.8 Å². The van der Waals surface area contributed by atoms with Crippen LogP contribution in [0.1, 0.15) is 33.6 Å². The number of rotatable bonds is 6. The molecule has 2 N–H and O–H groups in total. The fourth-order valence-corrected chi connectivity index (χ4v) is 2.53. The Morgan fingerprint density at radius 1 is 1.22 bits per heavy atom. The van der Waals surface area contributed by atoms with Crippen LogP contribution in [-0.2, 0) is 23.9 Å². The van der Waals surface area contributed by atoms with Crippen molar-refractivity contribution < 1.29 is 23.9 Å². The number of nitrogens with zero attached hydrogens (tertiary/aromatic N) is 1. The summed E-state index contributed by atoms with van der Waals surface area (Å²) >= 11 is 0. The van der Waals surface area contributed by atoms with Crippen LogP contribution in [0.2, 0.25) is 0 Å². The Hall–Kier alpha value is -1.67. The van der Waals surface area contributed by atoms with E-state index in [1.165, 1.54) is 19.2 Å². The number of nitrogens with one attached hydrogen (secondary N) is 2. The lowest BCUT2D eigenvalue weighted by molar-refractivity contribution is -0.151. The van der Waals surface area contributed by atoms with Gasteiger partial charge in [-0.1, -0.05) is 13.8 Å². The smallest absolute Gasteiger partial charge is 0.324 e.